The third-order valence-corrected chi connectivity index (χ3v) is 3.43. The number of aliphatic hydroxyl groups excluding tert-OH is 1. The maximum Gasteiger partial charge on any atom is 0.434 e. The van der Waals surface area contributed by atoms with E-state index in [0.717, 1.165) is 11.3 Å². The second-order valence-corrected chi connectivity index (χ2v) is 6.28. The Morgan fingerprint density at radius 3 is 2.65 bits per heavy atom. The minimum absolute atomic E-state index is 0.154. The first-order chi connectivity index (χ1) is 9.28. The molecule has 7 heteroatoms. The molecule has 0 aliphatic rings. The summed E-state index contributed by atoms with van der Waals surface area (Å²) >= 11 is 1.16. The van der Waals surface area contributed by atoms with Crippen molar-refractivity contribution in [3.63, 3.8) is 0 Å². The lowest BCUT2D eigenvalue weighted by molar-refractivity contribution is -0.124. The van der Waals surface area contributed by atoms with Crippen molar-refractivity contribution in [3.8, 4) is 6.07 Å². The molecule has 1 aromatic heterocycles. The Morgan fingerprint density at radius 1 is 1.55 bits per heavy atom. The van der Waals surface area contributed by atoms with Crippen molar-refractivity contribution >= 4 is 17.4 Å². The third-order valence-electron chi connectivity index (χ3n) is 2.34. The molecule has 1 aromatic rings. The van der Waals surface area contributed by atoms with Gasteiger partial charge in [0.05, 0.1) is 6.04 Å². The zero-order chi connectivity index (χ0) is 15.3. The van der Waals surface area contributed by atoms with Gasteiger partial charge in [-0.15, -0.1) is 11.3 Å². The van der Waals surface area contributed by atoms with Crippen LogP contribution >= 0.6 is 11.3 Å². The van der Waals surface area contributed by atoms with E-state index < -0.39 is 17.7 Å². The van der Waals surface area contributed by atoms with Crippen LogP contribution in [0.2, 0.25) is 0 Å². The van der Waals surface area contributed by atoms with Gasteiger partial charge in [-0.25, -0.2) is 4.79 Å². The van der Waals surface area contributed by atoms with Crippen LogP contribution in [-0.2, 0) is 4.74 Å². The van der Waals surface area contributed by atoms with Crippen LogP contribution in [0, 0.1) is 11.3 Å². The molecular formula is C13H18N2O4S. The van der Waals surface area contributed by atoms with E-state index in [1.807, 2.05) is 6.07 Å². The summed E-state index contributed by atoms with van der Waals surface area (Å²) in [5.74, 6) is 0. The van der Waals surface area contributed by atoms with Crippen molar-refractivity contribution in [3.05, 3.63) is 21.9 Å². The van der Waals surface area contributed by atoms with Gasteiger partial charge in [0, 0.05) is 11.5 Å². The molecule has 6 nitrogen and oxygen atoms in total. The van der Waals surface area contributed by atoms with Gasteiger partial charge in [0.1, 0.15) is 16.5 Å². The van der Waals surface area contributed by atoms with Gasteiger partial charge in [-0.2, -0.15) is 10.3 Å². The van der Waals surface area contributed by atoms with Gasteiger partial charge < -0.3 is 9.84 Å². The van der Waals surface area contributed by atoms with Crippen molar-refractivity contribution in [1.29, 1.82) is 5.26 Å². The minimum Gasteiger partial charge on any atom is -0.442 e. The summed E-state index contributed by atoms with van der Waals surface area (Å²) in [6.07, 6.45) is -0.732. The van der Waals surface area contributed by atoms with E-state index in [-0.39, 0.29) is 13.0 Å². The Kier molecular flexibility index (Phi) is 5.51. The fraction of sp³-hybridized carbons (Fsp3) is 0.538. The number of ether oxygens (including phenoxy) is 1. The molecule has 0 aliphatic carbocycles. The highest BCUT2D eigenvalue weighted by Crippen LogP contribution is 2.30. The molecule has 1 atom stereocenters. The Balaban J connectivity index is 2.90. The number of carbonyl (C=O) groups is 1. The summed E-state index contributed by atoms with van der Waals surface area (Å²) in [6, 6.07) is 4.51. The summed E-state index contributed by atoms with van der Waals surface area (Å²) in [7, 11) is 0. The number of rotatable bonds is 4. The van der Waals surface area contributed by atoms with Crippen molar-refractivity contribution in [2.75, 3.05) is 6.61 Å². The maximum atomic E-state index is 11.8. The van der Waals surface area contributed by atoms with E-state index >= 15 is 0 Å². The topological polar surface area (TPSA) is 93.8 Å². The molecule has 1 heterocycles. The molecule has 0 fully saturated rings. The molecule has 0 bridgehead atoms. The fourth-order valence-electron chi connectivity index (χ4n) is 1.54. The quantitative estimate of drug-likeness (QED) is 0.658. The van der Waals surface area contributed by atoms with Crippen LogP contribution in [0.4, 0.5) is 4.79 Å². The molecular weight excluding hydrogens is 280 g/mol. The highest BCUT2D eigenvalue weighted by atomic mass is 32.1. The van der Waals surface area contributed by atoms with Gasteiger partial charge in [-0.05, 0) is 39.3 Å². The lowest BCUT2D eigenvalue weighted by Gasteiger charge is -2.28. The van der Waals surface area contributed by atoms with Crippen LogP contribution in [0.3, 0.4) is 0 Å². The number of hydrogen-bond donors (Lipinski definition) is 2. The Bertz CT molecular complexity index is 501. The molecule has 2 N–H and O–H groups in total. The van der Waals surface area contributed by atoms with Gasteiger partial charge in [-0.3, -0.25) is 5.21 Å². The zero-order valence-corrected chi connectivity index (χ0v) is 12.5. The first-order valence-corrected chi connectivity index (χ1v) is 6.92. The van der Waals surface area contributed by atoms with E-state index in [2.05, 4.69) is 0 Å². The second kappa shape index (κ2) is 6.70. The number of aliphatic hydroxyl groups is 1. The molecule has 0 aromatic carbocycles. The van der Waals surface area contributed by atoms with Crippen molar-refractivity contribution in [2.45, 2.75) is 38.8 Å². The average Bonchev–Trinajstić information content (AvgIpc) is 2.81. The van der Waals surface area contributed by atoms with E-state index in [4.69, 9.17) is 15.1 Å². The predicted molar refractivity (Wildman–Crippen MR) is 73.3 cm³/mol. The highest BCUT2D eigenvalue weighted by molar-refractivity contribution is 7.12. The molecule has 110 valence electrons. The summed E-state index contributed by atoms with van der Waals surface area (Å²) in [5, 5.41) is 28.3. The molecule has 1 unspecified atom stereocenters. The second-order valence-electron chi connectivity index (χ2n) is 5.17. The van der Waals surface area contributed by atoms with Gasteiger partial charge >= 0.3 is 6.09 Å². The van der Waals surface area contributed by atoms with Gasteiger partial charge in [0.15, 0.2) is 0 Å². The summed E-state index contributed by atoms with van der Waals surface area (Å²) in [5.41, 5.74) is -0.727. The van der Waals surface area contributed by atoms with E-state index in [9.17, 15) is 10.0 Å². The number of thiophene rings is 1. The third kappa shape index (κ3) is 4.49. The van der Waals surface area contributed by atoms with E-state index in [1.54, 1.807) is 32.9 Å². The van der Waals surface area contributed by atoms with Crippen LogP contribution in [0.15, 0.2) is 12.1 Å². The molecule has 0 saturated heterocycles. The smallest absolute Gasteiger partial charge is 0.434 e. The average molecular weight is 298 g/mol. The predicted octanol–water partition coefficient (Wildman–Crippen LogP) is 2.67. The van der Waals surface area contributed by atoms with Crippen molar-refractivity contribution in [2.24, 2.45) is 0 Å². The molecule has 0 aliphatic heterocycles. The monoisotopic (exact) mass is 298 g/mol. The lowest BCUT2D eigenvalue weighted by atomic mass is 10.1. The first-order valence-electron chi connectivity index (χ1n) is 6.10. The van der Waals surface area contributed by atoms with Crippen LogP contribution < -0.4 is 0 Å². The molecule has 20 heavy (non-hydrogen) atoms. The number of amides is 1. The van der Waals surface area contributed by atoms with Gasteiger partial charge in [0.2, 0.25) is 0 Å². The van der Waals surface area contributed by atoms with Crippen molar-refractivity contribution < 1.29 is 19.8 Å². The summed E-state index contributed by atoms with van der Waals surface area (Å²) in [6.45, 7) is 4.88. The maximum absolute atomic E-state index is 11.8. The zero-order valence-electron chi connectivity index (χ0n) is 11.7. The largest absolute Gasteiger partial charge is 0.442 e. The number of carbonyl (C=O) groups excluding carboxylic acids is 1. The van der Waals surface area contributed by atoms with Gasteiger partial charge in [0.25, 0.3) is 0 Å². The first kappa shape index (κ1) is 16.4. The van der Waals surface area contributed by atoms with Crippen LogP contribution in [0.25, 0.3) is 0 Å². The highest BCUT2D eigenvalue weighted by Gasteiger charge is 2.29. The number of nitrogens with zero attached hydrogens (tertiary/aromatic N) is 2. The Hall–Kier alpha value is -1.62. The van der Waals surface area contributed by atoms with Crippen LogP contribution in [-0.4, -0.2) is 33.7 Å². The summed E-state index contributed by atoms with van der Waals surface area (Å²) < 4.78 is 5.08. The fourth-order valence-corrected chi connectivity index (χ4v) is 2.46. The lowest BCUT2D eigenvalue weighted by Crippen LogP contribution is -2.37. The molecule has 0 saturated carbocycles. The number of nitriles is 1. The van der Waals surface area contributed by atoms with Crippen LogP contribution in [0.5, 0.6) is 0 Å². The molecule has 1 amide bonds. The SMILES string of the molecule is CC(C)(C)OC(=O)N(O)C(CCO)c1ccc(C#N)s1. The number of hydroxylamine groups is 2. The normalized spacial score (nSPS) is 12.6. The number of hydrogen-bond acceptors (Lipinski definition) is 6. The van der Waals surface area contributed by atoms with Crippen molar-refractivity contribution in [1.82, 2.24) is 5.06 Å². The minimum atomic E-state index is -0.886. The van der Waals surface area contributed by atoms with E-state index in [0.29, 0.717) is 14.8 Å². The summed E-state index contributed by atoms with van der Waals surface area (Å²) in [4.78, 5) is 12.9. The molecule has 0 spiro atoms. The Labute approximate surface area is 121 Å². The van der Waals surface area contributed by atoms with Gasteiger partial charge in [-0.1, -0.05) is 0 Å². The van der Waals surface area contributed by atoms with E-state index in [1.165, 1.54) is 0 Å². The Morgan fingerprint density at radius 2 is 2.20 bits per heavy atom. The standard InChI is InChI=1S/C13H18N2O4S/c1-13(2,3)19-12(17)15(18)10(6-7-16)11-5-4-9(8-14)20-11/h4-5,10,16,18H,6-7H2,1-3H3. The van der Waals surface area contributed by atoms with Crippen LogP contribution in [0.1, 0.15) is 43.0 Å². The molecule has 0 radical (unpaired) electrons. The molecule has 1 rings (SSSR count).